The Balaban J connectivity index is 1.75. The number of benzene rings is 2. The topological polar surface area (TPSA) is 72.3 Å². The van der Waals surface area contributed by atoms with Gasteiger partial charge in [-0.2, -0.15) is 0 Å². The normalized spacial score (nSPS) is 17.7. The Hall–Kier alpha value is -3.00. The summed E-state index contributed by atoms with van der Waals surface area (Å²) in [6.45, 7) is 5.34. The largest absolute Gasteiger partial charge is 0.497 e. The smallest absolute Gasteiger partial charge is 0.238 e. The van der Waals surface area contributed by atoms with Crippen LogP contribution in [0.5, 0.6) is 5.75 Å². The molecule has 0 fully saturated rings. The first-order valence-electron chi connectivity index (χ1n) is 10.0. The van der Waals surface area contributed by atoms with Crippen LogP contribution in [0.3, 0.4) is 0 Å². The first-order valence-corrected chi connectivity index (χ1v) is 10.9. The number of ether oxygens (including phenoxy) is 1. The highest BCUT2D eigenvalue weighted by atomic mass is 32.2. The van der Waals surface area contributed by atoms with Crippen LogP contribution in [0.1, 0.15) is 25.5 Å². The van der Waals surface area contributed by atoms with Crippen molar-refractivity contribution >= 4 is 17.7 Å². The lowest BCUT2D eigenvalue weighted by molar-refractivity contribution is -0.130. The molecule has 1 aromatic heterocycles. The van der Waals surface area contributed by atoms with Crippen LogP contribution in [0.2, 0.25) is 0 Å². The fourth-order valence-corrected chi connectivity index (χ4v) is 4.76. The first-order chi connectivity index (χ1) is 14.7. The zero-order chi connectivity index (χ0) is 21.1. The molecule has 8 heteroatoms. The van der Waals surface area contributed by atoms with Gasteiger partial charge in [0.1, 0.15) is 11.0 Å². The van der Waals surface area contributed by atoms with Gasteiger partial charge in [-0.25, -0.2) is 4.68 Å². The van der Waals surface area contributed by atoms with Crippen molar-refractivity contribution in [2.24, 2.45) is 0 Å². The van der Waals surface area contributed by atoms with Crippen LogP contribution in [0.15, 0.2) is 59.8 Å². The maximum Gasteiger partial charge on any atom is 0.238 e. The van der Waals surface area contributed by atoms with Crippen molar-refractivity contribution in [1.29, 1.82) is 0 Å². The molecule has 0 saturated carbocycles. The van der Waals surface area contributed by atoms with Gasteiger partial charge in [-0.15, -0.1) is 10.2 Å². The third kappa shape index (κ3) is 3.75. The van der Waals surface area contributed by atoms with E-state index in [0.29, 0.717) is 18.2 Å². The van der Waals surface area contributed by atoms with Crippen molar-refractivity contribution in [2.45, 2.75) is 30.3 Å². The molecule has 3 aromatic rings. The standard InChI is InChI=1S/C22H25N5O2S/c1-4-26(5-2)21(28)19-18(15-11-13-17(29-3)14-12-15)25-27-20(23-24-22(27)30-19)16-9-7-6-8-10-16/h6-14,18-19,25H,4-5H2,1-3H3. The molecule has 2 aromatic carbocycles. The number of nitrogens with zero attached hydrogens (tertiary/aromatic N) is 4. The molecule has 1 amide bonds. The quantitative estimate of drug-likeness (QED) is 0.653. The van der Waals surface area contributed by atoms with E-state index in [-0.39, 0.29) is 17.2 Å². The Bertz CT molecular complexity index is 1000. The van der Waals surface area contributed by atoms with Gasteiger partial charge >= 0.3 is 0 Å². The highest BCUT2D eigenvalue weighted by Crippen LogP contribution is 2.39. The summed E-state index contributed by atoms with van der Waals surface area (Å²) in [4.78, 5) is 15.2. The molecule has 0 bridgehead atoms. The summed E-state index contributed by atoms with van der Waals surface area (Å²) in [5.74, 6) is 1.60. The van der Waals surface area contributed by atoms with E-state index in [1.54, 1.807) is 7.11 Å². The first kappa shape index (κ1) is 20.3. The lowest BCUT2D eigenvalue weighted by Gasteiger charge is -2.35. The molecule has 0 spiro atoms. The average molecular weight is 424 g/mol. The number of rotatable bonds is 6. The van der Waals surface area contributed by atoms with Crippen molar-refractivity contribution in [3.63, 3.8) is 0 Å². The number of carbonyl (C=O) groups is 1. The Morgan fingerprint density at radius 3 is 2.43 bits per heavy atom. The summed E-state index contributed by atoms with van der Waals surface area (Å²) in [5, 5.41) is 9.08. The van der Waals surface area contributed by atoms with Crippen molar-refractivity contribution in [1.82, 2.24) is 19.8 Å². The van der Waals surface area contributed by atoms with E-state index in [1.165, 1.54) is 11.8 Å². The number of thioether (sulfide) groups is 1. The average Bonchev–Trinajstić information content (AvgIpc) is 3.22. The second kappa shape index (κ2) is 8.79. The number of amides is 1. The molecule has 2 atom stereocenters. The van der Waals surface area contributed by atoms with Crippen LogP contribution in [0.4, 0.5) is 0 Å². The summed E-state index contributed by atoms with van der Waals surface area (Å²) in [6.07, 6.45) is 0. The van der Waals surface area contributed by atoms with Gasteiger partial charge in [-0.1, -0.05) is 54.2 Å². The van der Waals surface area contributed by atoms with Crippen molar-refractivity contribution in [2.75, 3.05) is 25.6 Å². The van der Waals surface area contributed by atoms with Gasteiger partial charge in [0.05, 0.1) is 13.2 Å². The summed E-state index contributed by atoms with van der Waals surface area (Å²) < 4.78 is 7.19. The number of hydrogen-bond acceptors (Lipinski definition) is 6. The van der Waals surface area contributed by atoms with Gasteiger partial charge in [0, 0.05) is 18.7 Å². The third-order valence-electron chi connectivity index (χ3n) is 5.26. The van der Waals surface area contributed by atoms with Gasteiger partial charge in [-0.05, 0) is 31.5 Å². The van der Waals surface area contributed by atoms with Gasteiger partial charge in [0.25, 0.3) is 0 Å². The Morgan fingerprint density at radius 2 is 1.80 bits per heavy atom. The van der Waals surface area contributed by atoms with E-state index in [9.17, 15) is 4.79 Å². The predicted octanol–water partition coefficient (Wildman–Crippen LogP) is 3.58. The maximum absolute atomic E-state index is 13.3. The summed E-state index contributed by atoms with van der Waals surface area (Å²) in [7, 11) is 1.64. The molecule has 30 heavy (non-hydrogen) atoms. The molecule has 1 aliphatic heterocycles. The minimum atomic E-state index is -0.349. The fourth-order valence-electron chi connectivity index (χ4n) is 3.59. The lowest BCUT2D eigenvalue weighted by atomic mass is 10.0. The van der Waals surface area contributed by atoms with Gasteiger partial charge in [0.15, 0.2) is 5.82 Å². The molecule has 7 nitrogen and oxygen atoms in total. The predicted molar refractivity (Wildman–Crippen MR) is 118 cm³/mol. The lowest BCUT2D eigenvalue weighted by Crippen LogP contribution is -2.46. The SMILES string of the molecule is CCN(CC)C(=O)C1Sc2nnc(-c3ccccc3)n2NC1c1ccc(OC)cc1. The summed E-state index contributed by atoms with van der Waals surface area (Å²) in [6, 6.07) is 17.5. The van der Waals surface area contributed by atoms with Crippen LogP contribution in [0.25, 0.3) is 11.4 Å². The second-order valence-corrected chi connectivity index (χ2v) is 8.05. The number of fused-ring (bicyclic) bond motifs is 1. The molecule has 1 aliphatic rings. The maximum atomic E-state index is 13.3. The zero-order valence-electron chi connectivity index (χ0n) is 17.3. The molecule has 1 N–H and O–H groups in total. The van der Waals surface area contributed by atoms with Crippen LogP contribution < -0.4 is 10.2 Å². The van der Waals surface area contributed by atoms with Gasteiger partial charge in [0.2, 0.25) is 11.1 Å². The Kier molecular flexibility index (Phi) is 5.94. The number of nitrogens with one attached hydrogen (secondary N) is 1. The second-order valence-electron chi connectivity index (χ2n) is 6.94. The van der Waals surface area contributed by atoms with Gasteiger partial charge in [-0.3, -0.25) is 4.79 Å². The van der Waals surface area contributed by atoms with E-state index in [1.807, 2.05) is 78.0 Å². The van der Waals surface area contributed by atoms with Crippen molar-refractivity contribution < 1.29 is 9.53 Å². The van der Waals surface area contributed by atoms with E-state index < -0.39 is 0 Å². The van der Waals surface area contributed by atoms with Crippen LogP contribution in [-0.2, 0) is 4.79 Å². The molecule has 0 aliphatic carbocycles. The molecule has 0 radical (unpaired) electrons. The monoisotopic (exact) mass is 423 g/mol. The van der Waals surface area contributed by atoms with Crippen LogP contribution in [0, 0.1) is 0 Å². The molecule has 2 unspecified atom stereocenters. The van der Waals surface area contributed by atoms with E-state index in [4.69, 9.17) is 4.74 Å². The summed E-state index contributed by atoms with van der Waals surface area (Å²) in [5.41, 5.74) is 5.49. The number of aromatic nitrogens is 3. The zero-order valence-corrected chi connectivity index (χ0v) is 18.1. The summed E-state index contributed by atoms with van der Waals surface area (Å²) >= 11 is 1.46. The Labute approximate surface area is 180 Å². The molecule has 156 valence electrons. The van der Waals surface area contributed by atoms with E-state index in [0.717, 1.165) is 22.7 Å². The van der Waals surface area contributed by atoms with Crippen molar-refractivity contribution in [3.05, 3.63) is 60.2 Å². The number of hydrogen-bond donors (Lipinski definition) is 1. The minimum Gasteiger partial charge on any atom is -0.497 e. The van der Waals surface area contributed by atoms with E-state index >= 15 is 0 Å². The van der Waals surface area contributed by atoms with Crippen LogP contribution >= 0.6 is 11.8 Å². The fraction of sp³-hybridized carbons (Fsp3) is 0.318. The highest BCUT2D eigenvalue weighted by Gasteiger charge is 2.39. The van der Waals surface area contributed by atoms with Gasteiger partial charge < -0.3 is 15.1 Å². The van der Waals surface area contributed by atoms with E-state index in [2.05, 4.69) is 15.6 Å². The van der Waals surface area contributed by atoms with Crippen molar-refractivity contribution in [3.8, 4) is 17.1 Å². The Morgan fingerprint density at radius 1 is 1.10 bits per heavy atom. The minimum absolute atomic E-state index is 0.0915. The molecule has 2 heterocycles. The third-order valence-corrected chi connectivity index (χ3v) is 6.46. The molecular formula is C22H25N5O2S. The van der Waals surface area contributed by atoms with Crippen LogP contribution in [-0.4, -0.2) is 51.1 Å². The molecule has 4 rings (SSSR count). The molecular weight excluding hydrogens is 398 g/mol. The molecule has 0 saturated heterocycles. The highest BCUT2D eigenvalue weighted by molar-refractivity contribution is 8.00. The number of carbonyl (C=O) groups excluding carboxylic acids is 1. The number of methoxy groups -OCH3 is 1.